The van der Waals surface area contributed by atoms with Crippen LogP contribution in [0.3, 0.4) is 0 Å². The van der Waals surface area contributed by atoms with Crippen LogP contribution in [0.5, 0.6) is 0 Å². The maximum atomic E-state index is 12.7. The molecule has 0 radical (unpaired) electrons. The topological polar surface area (TPSA) is 55.7 Å². The molecule has 1 aliphatic heterocycles. The van der Waals surface area contributed by atoms with Gasteiger partial charge in [-0.1, -0.05) is 0 Å². The minimum absolute atomic E-state index is 0.0488. The lowest BCUT2D eigenvalue weighted by Crippen LogP contribution is -2.41. The molecule has 1 aromatic carbocycles. The van der Waals surface area contributed by atoms with Crippen LogP contribution in [0.4, 0.5) is 4.39 Å². The van der Waals surface area contributed by atoms with Gasteiger partial charge in [0.1, 0.15) is 5.82 Å². The molecule has 1 aromatic rings. The Kier molecular flexibility index (Phi) is 2.53. The molecule has 1 atom stereocenters. The average Bonchev–Trinajstić information content (AvgIpc) is 2.58. The van der Waals surface area contributed by atoms with Crippen molar-refractivity contribution < 1.29 is 18.7 Å². The standard InChI is InChI=1S/C12H10FNO3/c1-7(15)12(2)11(16)14-10(17-12)8-3-5-9(13)6-4-8/h3-6H,1-2H3/t12-/m0/s1. The Balaban J connectivity index is 2.33. The Hall–Kier alpha value is -2.04. The number of nitrogens with zero attached hydrogens (tertiary/aromatic N) is 1. The fraction of sp³-hybridized carbons (Fsp3) is 0.250. The van der Waals surface area contributed by atoms with Gasteiger partial charge in [0.05, 0.1) is 0 Å². The number of aliphatic imine (C=N–C) groups is 1. The Bertz CT molecular complexity index is 521. The third-order valence-corrected chi connectivity index (χ3v) is 2.67. The maximum Gasteiger partial charge on any atom is 0.300 e. The minimum Gasteiger partial charge on any atom is -0.452 e. The molecule has 0 fully saturated rings. The number of hydrogen-bond acceptors (Lipinski definition) is 3. The number of halogens is 1. The second kappa shape index (κ2) is 3.76. The van der Waals surface area contributed by atoms with Gasteiger partial charge in [-0.15, -0.1) is 0 Å². The lowest BCUT2D eigenvalue weighted by molar-refractivity contribution is -0.142. The predicted molar refractivity (Wildman–Crippen MR) is 58.1 cm³/mol. The molecule has 0 bridgehead atoms. The summed E-state index contributed by atoms with van der Waals surface area (Å²) in [6.07, 6.45) is 0. The summed E-state index contributed by atoms with van der Waals surface area (Å²) >= 11 is 0. The molecule has 0 saturated heterocycles. The van der Waals surface area contributed by atoms with Crippen LogP contribution in [0, 0.1) is 5.82 Å². The highest BCUT2D eigenvalue weighted by molar-refractivity contribution is 6.18. The number of carbonyl (C=O) groups is 2. The lowest BCUT2D eigenvalue weighted by atomic mass is 10.0. The highest BCUT2D eigenvalue weighted by atomic mass is 19.1. The smallest absolute Gasteiger partial charge is 0.300 e. The van der Waals surface area contributed by atoms with Crippen LogP contribution in [0.2, 0.25) is 0 Å². The first-order valence-corrected chi connectivity index (χ1v) is 5.02. The first-order valence-electron chi connectivity index (χ1n) is 5.02. The summed E-state index contributed by atoms with van der Waals surface area (Å²) in [7, 11) is 0. The molecule has 17 heavy (non-hydrogen) atoms. The summed E-state index contributed by atoms with van der Waals surface area (Å²) < 4.78 is 18.0. The molecule has 0 aromatic heterocycles. The van der Waals surface area contributed by atoms with Gasteiger partial charge in [0.25, 0.3) is 0 Å². The van der Waals surface area contributed by atoms with Gasteiger partial charge in [0.2, 0.25) is 11.5 Å². The van der Waals surface area contributed by atoms with Gasteiger partial charge in [-0.3, -0.25) is 9.59 Å². The first kappa shape index (κ1) is 11.4. The Morgan fingerprint density at radius 3 is 2.41 bits per heavy atom. The van der Waals surface area contributed by atoms with Crippen molar-refractivity contribution in [1.82, 2.24) is 0 Å². The van der Waals surface area contributed by atoms with Gasteiger partial charge < -0.3 is 4.74 Å². The van der Waals surface area contributed by atoms with Crippen molar-refractivity contribution >= 4 is 17.6 Å². The summed E-state index contributed by atoms with van der Waals surface area (Å²) in [6, 6.07) is 5.34. The monoisotopic (exact) mass is 235 g/mol. The summed E-state index contributed by atoms with van der Waals surface area (Å²) in [5.74, 6) is -1.40. The van der Waals surface area contributed by atoms with Crippen molar-refractivity contribution in [3.63, 3.8) is 0 Å². The zero-order valence-corrected chi connectivity index (χ0v) is 9.36. The average molecular weight is 235 g/mol. The molecule has 1 aliphatic rings. The van der Waals surface area contributed by atoms with E-state index in [9.17, 15) is 14.0 Å². The third kappa shape index (κ3) is 1.84. The molecule has 1 amide bonds. The molecule has 0 saturated carbocycles. The largest absolute Gasteiger partial charge is 0.452 e. The Morgan fingerprint density at radius 1 is 1.35 bits per heavy atom. The highest BCUT2D eigenvalue weighted by Gasteiger charge is 2.46. The van der Waals surface area contributed by atoms with Crippen LogP contribution >= 0.6 is 0 Å². The molecular weight excluding hydrogens is 225 g/mol. The van der Waals surface area contributed by atoms with Gasteiger partial charge in [-0.2, -0.15) is 4.99 Å². The molecule has 5 heteroatoms. The zero-order valence-electron chi connectivity index (χ0n) is 9.36. The van der Waals surface area contributed by atoms with Gasteiger partial charge in [-0.25, -0.2) is 4.39 Å². The number of amides is 1. The van der Waals surface area contributed by atoms with E-state index in [4.69, 9.17) is 4.74 Å². The van der Waals surface area contributed by atoms with E-state index in [1.54, 1.807) is 0 Å². The van der Waals surface area contributed by atoms with Gasteiger partial charge >= 0.3 is 5.91 Å². The SMILES string of the molecule is CC(=O)[C@]1(C)OC(c2ccc(F)cc2)=NC1=O. The fourth-order valence-corrected chi connectivity index (χ4v) is 1.40. The van der Waals surface area contributed by atoms with Crippen LogP contribution in [-0.2, 0) is 14.3 Å². The molecule has 0 N–H and O–H groups in total. The number of rotatable bonds is 2. The third-order valence-electron chi connectivity index (χ3n) is 2.67. The number of carbonyl (C=O) groups excluding carboxylic acids is 2. The van der Waals surface area contributed by atoms with E-state index >= 15 is 0 Å². The van der Waals surface area contributed by atoms with Crippen LogP contribution in [0.15, 0.2) is 29.3 Å². The lowest BCUT2D eigenvalue weighted by Gasteiger charge is -2.17. The number of hydrogen-bond donors (Lipinski definition) is 0. The normalized spacial score (nSPS) is 23.2. The molecule has 0 aliphatic carbocycles. The molecule has 0 unspecified atom stereocenters. The molecule has 4 nitrogen and oxygen atoms in total. The summed E-state index contributed by atoms with van der Waals surface area (Å²) in [6.45, 7) is 2.64. The minimum atomic E-state index is -1.55. The molecular formula is C12H10FNO3. The molecule has 88 valence electrons. The molecule has 1 heterocycles. The van der Waals surface area contributed by atoms with Crippen LogP contribution in [0.25, 0.3) is 0 Å². The Morgan fingerprint density at radius 2 is 1.94 bits per heavy atom. The number of benzene rings is 1. The van der Waals surface area contributed by atoms with E-state index in [1.165, 1.54) is 38.1 Å². The second-order valence-corrected chi connectivity index (χ2v) is 3.92. The second-order valence-electron chi connectivity index (χ2n) is 3.92. The van der Waals surface area contributed by atoms with Crippen molar-refractivity contribution in [2.75, 3.05) is 0 Å². The van der Waals surface area contributed by atoms with E-state index in [2.05, 4.69) is 4.99 Å². The van der Waals surface area contributed by atoms with E-state index in [0.29, 0.717) is 5.56 Å². The summed E-state index contributed by atoms with van der Waals surface area (Å²) in [5, 5.41) is 0. The van der Waals surface area contributed by atoms with Gasteiger partial charge in [0, 0.05) is 5.56 Å². The predicted octanol–water partition coefficient (Wildman–Crippen LogP) is 1.48. The van der Waals surface area contributed by atoms with E-state index in [0.717, 1.165) is 0 Å². The zero-order chi connectivity index (χ0) is 12.6. The van der Waals surface area contributed by atoms with Crippen molar-refractivity contribution in [2.45, 2.75) is 19.4 Å². The number of Topliss-reactive ketones (excluding diaryl/α,β-unsaturated/α-hetero) is 1. The summed E-state index contributed by atoms with van der Waals surface area (Å²) in [4.78, 5) is 26.6. The van der Waals surface area contributed by atoms with E-state index < -0.39 is 23.1 Å². The molecule has 2 rings (SSSR count). The van der Waals surface area contributed by atoms with E-state index in [-0.39, 0.29) is 5.90 Å². The first-order chi connectivity index (χ1) is 7.93. The van der Waals surface area contributed by atoms with Crippen molar-refractivity contribution in [3.8, 4) is 0 Å². The number of ketones is 1. The van der Waals surface area contributed by atoms with Crippen molar-refractivity contribution in [2.24, 2.45) is 4.99 Å². The van der Waals surface area contributed by atoms with Crippen LogP contribution in [-0.4, -0.2) is 23.2 Å². The van der Waals surface area contributed by atoms with Crippen molar-refractivity contribution in [3.05, 3.63) is 35.6 Å². The van der Waals surface area contributed by atoms with E-state index in [1.807, 2.05) is 0 Å². The maximum absolute atomic E-state index is 12.7. The van der Waals surface area contributed by atoms with Crippen LogP contribution in [0.1, 0.15) is 19.4 Å². The Labute approximate surface area is 97.1 Å². The quantitative estimate of drug-likeness (QED) is 0.729. The number of ether oxygens (including phenoxy) is 1. The van der Waals surface area contributed by atoms with Gasteiger partial charge in [0.15, 0.2) is 5.78 Å². The van der Waals surface area contributed by atoms with Crippen molar-refractivity contribution in [1.29, 1.82) is 0 Å². The van der Waals surface area contributed by atoms with Crippen LogP contribution < -0.4 is 0 Å². The van der Waals surface area contributed by atoms with Gasteiger partial charge in [-0.05, 0) is 38.1 Å². The fourth-order valence-electron chi connectivity index (χ4n) is 1.40. The summed E-state index contributed by atoms with van der Waals surface area (Å²) in [5.41, 5.74) is -1.09. The molecule has 0 spiro atoms. The highest BCUT2D eigenvalue weighted by Crippen LogP contribution is 2.24.